The maximum atomic E-state index is 11.8. The lowest BCUT2D eigenvalue weighted by Gasteiger charge is -2.04. The van der Waals surface area contributed by atoms with Crippen molar-refractivity contribution < 1.29 is 4.79 Å². The summed E-state index contributed by atoms with van der Waals surface area (Å²) >= 11 is 0. The number of carbonyl (C=O) groups is 1. The van der Waals surface area contributed by atoms with Gasteiger partial charge >= 0.3 is 0 Å². The van der Waals surface area contributed by atoms with Gasteiger partial charge in [-0.05, 0) is 18.6 Å². The number of fused-ring (bicyclic) bond motifs is 1. The number of nitrogens with two attached hydrogens (primary N) is 1. The van der Waals surface area contributed by atoms with E-state index >= 15 is 0 Å². The van der Waals surface area contributed by atoms with Gasteiger partial charge < -0.3 is 11.1 Å². The maximum absolute atomic E-state index is 11.8. The molecule has 0 unspecified atom stereocenters. The fourth-order valence-corrected chi connectivity index (χ4v) is 1.75. The van der Waals surface area contributed by atoms with Crippen molar-refractivity contribution in [1.82, 2.24) is 19.9 Å². The Kier molecular flexibility index (Phi) is 3.88. The number of nitrogens with one attached hydrogen (secondary N) is 1. The highest BCUT2D eigenvalue weighted by Gasteiger charge is 2.09. The van der Waals surface area contributed by atoms with Gasteiger partial charge in [-0.15, -0.1) is 10.2 Å². The van der Waals surface area contributed by atoms with Gasteiger partial charge in [-0.25, -0.2) is 0 Å². The lowest BCUT2D eigenvalue weighted by molar-refractivity contribution is 0.0954. The van der Waals surface area contributed by atoms with Crippen molar-refractivity contribution in [3.8, 4) is 0 Å². The molecule has 0 fully saturated rings. The largest absolute Gasteiger partial charge is 0.351 e. The molecule has 6 heteroatoms. The van der Waals surface area contributed by atoms with Gasteiger partial charge in [0.05, 0.1) is 5.56 Å². The van der Waals surface area contributed by atoms with Crippen LogP contribution in [0.1, 0.15) is 29.5 Å². The molecule has 18 heavy (non-hydrogen) atoms. The number of carbonyl (C=O) groups excluding carboxylic acids is 1. The molecule has 0 saturated heterocycles. The quantitative estimate of drug-likeness (QED) is 0.799. The lowest BCUT2D eigenvalue weighted by Crippen LogP contribution is -2.29. The minimum atomic E-state index is -0.126. The number of pyridine rings is 1. The van der Waals surface area contributed by atoms with Gasteiger partial charge in [0, 0.05) is 25.7 Å². The lowest BCUT2D eigenvalue weighted by atomic mass is 10.2. The first-order valence-corrected chi connectivity index (χ1v) is 6.08. The van der Waals surface area contributed by atoms with Crippen molar-refractivity contribution in [2.75, 3.05) is 13.1 Å². The van der Waals surface area contributed by atoms with Crippen LogP contribution in [-0.4, -0.2) is 33.6 Å². The SMILES string of the molecule is CCCc1nnc2ccc(C(=O)NCCN)cn12. The van der Waals surface area contributed by atoms with Crippen LogP contribution in [0.25, 0.3) is 5.65 Å². The Morgan fingerprint density at radius 1 is 1.44 bits per heavy atom. The van der Waals surface area contributed by atoms with Gasteiger partial charge in [0.25, 0.3) is 5.91 Å². The average Bonchev–Trinajstić information content (AvgIpc) is 2.79. The van der Waals surface area contributed by atoms with E-state index < -0.39 is 0 Å². The summed E-state index contributed by atoms with van der Waals surface area (Å²) < 4.78 is 1.86. The summed E-state index contributed by atoms with van der Waals surface area (Å²) in [4.78, 5) is 11.8. The Morgan fingerprint density at radius 2 is 2.28 bits per heavy atom. The van der Waals surface area contributed by atoms with Crippen molar-refractivity contribution in [2.45, 2.75) is 19.8 Å². The monoisotopic (exact) mass is 247 g/mol. The molecule has 0 saturated carbocycles. The summed E-state index contributed by atoms with van der Waals surface area (Å²) in [7, 11) is 0. The molecule has 6 nitrogen and oxygen atoms in total. The van der Waals surface area contributed by atoms with Crippen LogP contribution in [0.3, 0.4) is 0 Å². The predicted octanol–water partition coefficient (Wildman–Crippen LogP) is 0.370. The number of nitrogens with zero attached hydrogens (tertiary/aromatic N) is 3. The molecule has 2 rings (SSSR count). The van der Waals surface area contributed by atoms with Crippen LogP contribution in [-0.2, 0) is 6.42 Å². The second-order valence-corrected chi connectivity index (χ2v) is 4.06. The van der Waals surface area contributed by atoms with Crippen LogP contribution in [0.4, 0.5) is 0 Å². The number of hydrogen-bond donors (Lipinski definition) is 2. The molecule has 96 valence electrons. The van der Waals surface area contributed by atoms with Gasteiger partial charge in [0.15, 0.2) is 5.65 Å². The van der Waals surface area contributed by atoms with Gasteiger partial charge in [0.2, 0.25) is 0 Å². The number of aromatic nitrogens is 3. The number of hydrogen-bond acceptors (Lipinski definition) is 4. The molecular formula is C12H17N5O. The minimum absolute atomic E-state index is 0.126. The zero-order valence-corrected chi connectivity index (χ0v) is 10.4. The first kappa shape index (κ1) is 12.5. The van der Waals surface area contributed by atoms with E-state index in [0.717, 1.165) is 24.3 Å². The molecule has 0 aliphatic rings. The molecule has 3 N–H and O–H groups in total. The second kappa shape index (κ2) is 5.59. The van der Waals surface area contributed by atoms with Crippen molar-refractivity contribution in [2.24, 2.45) is 5.73 Å². The molecule has 2 heterocycles. The standard InChI is InChI=1S/C12H17N5O/c1-2-3-10-15-16-11-5-4-9(8-17(10)11)12(18)14-7-6-13/h4-5,8H,2-3,6-7,13H2,1H3,(H,14,18). The van der Waals surface area contributed by atoms with Crippen LogP contribution in [0.5, 0.6) is 0 Å². The van der Waals surface area contributed by atoms with Gasteiger partial charge in [-0.1, -0.05) is 6.92 Å². The minimum Gasteiger partial charge on any atom is -0.351 e. The topological polar surface area (TPSA) is 85.3 Å². The molecule has 0 radical (unpaired) electrons. The van der Waals surface area contributed by atoms with Crippen molar-refractivity contribution in [3.63, 3.8) is 0 Å². The van der Waals surface area contributed by atoms with Gasteiger partial charge in [-0.2, -0.15) is 0 Å². The Balaban J connectivity index is 2.30. The predicted molar refractivity (Wildman–Crippen MR) is 68.4 cm³/mol. The molecule has 0 aliphatic heterocycles. The summed E-state index contributed by atoms with van der Waals surface area (Å²) in [6, 6.07) is 3.54. The average molecular weight is 247 g/mol. The Bertz CT molecular complexity index is 548. The molecule has 2 aromatic rings. The van der Waals surface area contributed by atoms with Crippen LogP contribution in [0, 0.1) is 0 Å². The molecule has 0 bridgehead atoms. The first-order valence-electron chi connectivity index (χ1n) is 6.08. The third-order valence-corrected chi connectivity index (χ3v) is 2.64. The van der Waals surface area contributed by atoms with Crippen molar-refractivity contribution >= 4 is 11.6 Å². The highest BCUT2D eigenvalue weighted by Crippen LogP contribution is 2.08. The Hall–Kier alpha value is -1.95. The van der Waals surface area contributed by atoms with E-state index in [1.807, 2.05) is 4.40 Å². The summed E-state index contributed by atoms with van der Waals surface area (Å²) in [5, 5.41) is 10.9. The fraction of sp³-hybridized carbons (Fsp3) is 0.417. The zero-order valence-electron chi connectivity index (χ0n) is 10.4. The fourth-order valence-electron chi connectivity index (χ4n) is 1.75. The van der Waals surface area contributed by atoms with E-state index in [-0.39, 0.29) is 5.91 Å². The first-order chi connectivity index (χ1) is 8.76. The summed E-state index contributed by atoms with van der Waals surface area (Å²) in [6.45, 7) is 2.99. The molecule has 2 aromatic heterocycles. The summed E-state index contributed by atoms with van der Waals surface area (Å²) in [6.07, 6.45) is 3.60. The zero-order chi connectivity index (χ0) is 13.0. The van der Waals surface area contributed by atoms with Crippen LogP contribution in [0.15, 0.2) is 18.3 Å². The molecule has 0 spiro atoms. The van der Waals surface area contributed by atoms with Crippen LogP contribution in [0.2, 0.25) is 0 Å². The number of aryl methyl sites for hydroxylation is 1. The second-order valence-electron chi connectivity index (χ2n) is 4.06. The van der Waals surface area contributed by atoms with Crippen molar-refractivity contribution in [3.05, 3.63) is 29.7 Å². The van der Waals surface area contributed by atoms with Crippen molar-refractivity contribution in [1.29, 1.82) is 0 Å². The molecule has 0 aromatic carbocycles. The molecule has 0 aliphatic carbocycles. The number of rotatable bonds is 5. The third kappa shape index (κ3) is 2.48. The molecule has 0 atom stereocenters. The number of amides is 1. The Labute approximate surface area is 105 Å². The van der Waals surface area contributed by atoms with Gasteiger partial charge in [-0.3, -0.25) is 9.20 Å². The molecule has 1 amide bonds. The highest BCUT2D eigenvalue weighted by atomic mass is 16.1. The van der Waals surface area contributed by atoms with E-state index in [0.29, 0.717) is 18.7 Å². The normalized spacial score (nSPS) is 10.8. The molecular weight excluding hydrogens is 230 g/mol. The maximum Gasteiger partial charge on any atom is 0.252 e. The van der Waals surface area contributed by atoms with E-state index in [2.05, 4.69) is 22.4 Å². The van der Waals surface area contributed by atoms with Crippen LogP contribution < -0.4 is 11.1 Å². The van der Waals surface area contributed by atoms with E-state index in [4.69, 9.17) is 5.73 Å². The van der Waals surface area contributed by atoms with Crippen LogP contribution >= 0.6 is 0 Å². The third-order valence-electron chi connectivity index (χ3n) is 2.64. The smallest absolute Gasteiger partial charge is 0.252 e. The summed E-state index contributed by atoms with van der Waals surface area (Å²) in [5.74, 6) is 0.750. The van der Waals surface area contributed by atoms with E-state index in [1.54, 1.807) is 18.3 Å². The summed E-state index contributed by atoms with van der Waals surface area (Å²) in [5.41, 5.74) is 6.70. The highest BCUT2D eigenvalue weighted by molar-refractivity contribution is 5.94. The Morgan fingerprint density at radius 3 is 3.00 bits per heavy atom. The van der Waals surface area contributed by atoms with E-state index in [9.17, 15) is 4.79 Å². The van der Waals surface area contributed by atoms with Gasteiger partial charge in [0.1, 0.15) is 5.82 Å². The van der Waals surface area contributed by atoms with E-state index in [1.165, 1.54) is 0 Å².